The first-order chi connectivity index (χ1) is 4.54. The molecule has 0 spiro atoms. The van der Waals surface area contributed by atoms with Gasteiger partial charge in [0.25, 0.3) is 0 Å². The van der Waals surface area contributed by atoms with Gasteiger partial charge in [0.05, 0.1) is 0 Å². The largest absolute Gasteiger partial charge is 0.481 e. The summed E-state index contributed by atoms with van der Waals surface area (Å²) in [5, 5.41) is 16.2. The number of carboxylic acids is 2. The van der Waals surface area contributed by atoms with Gasteiger partial charge < -0.3 is 10.2 Å². The lowest BCUT2D eigenvalue weighted by atomic mass is 10.2. The Morgan fingerprint density at radius 1 is 1.40 bits per heavy atom. The van der Waals surface area contributed by atoms with Gasteiger partial charge in [-0.05, 0) is 6.42 Å². The maximum atomic E-state index is 9.93. The average molecular weight is 146 g/mol. The molecule has 1 atom stereocenters. The number of hydrogen-bond acceptors (Lipinski definition) is 2. The minimum Gasteiger partial charge on any atom is -0.481 e. The van der Waals surface area contributed by atoms with E-state index in [0.29, 0.717) is 0 Å². The lowest BCUT2D eigenvalue weighted by Crippen LogP contribution is -2.22. The van der Waals surface area contributed by atoms with Gasteiger partial charge in [-0.25, -0.2) is 5.73 Å². The molecule has 1 unspecified atom stereocenters. The summed E-state index contributed by atoms with van der Waals surface area (Å²) in [5.41, 5.74) is 6.76. The van der Waals surface area contributed by atoms with Crippen molar-refractivity contribution in [3.05, 3.63) is 0 Å². The molecule has 3 N–H and O–H groups in total. The van der Waals surface area contributed by atoms with E-state index in [1.807, 2.05) is 0 Å². The predicted octanol–water partition coefficient (Wildman–Crippen LogP) is -0.413. The molecule has 0 aliphatic carbocycles. The number of carbonyl (C=O) groups is 2. The molecule has 57 valence electrons. The summed E-state index contributed by atoms with van der Waals surface area (Å²) in [6, 6.07) is -1.31. The zero-order valence-corrected chi connectivity index (χ0v) is 5.20. The van der Waals surface area contributed by atoms with Crippen LogP contribution in [0.4, 0.5) is 0 Å². The number of aliphatic carboxylic acids is 2. The maximum absolute atomic E-state index is 9.93. The third-order valence-electron chi connectivity index (χ3n) is 0.945. The van der Waals surface area contributed by atoms with E-state index in [0.717, 1.165) is 0 Å². The van der Waals surface area contributed by atoms with Gasteiger partial charge >= 0.3 is 11.9 Å². The minimum atomic E-state index is -1.31. The van der Waals surface area contributed by atoms with E-state index in [1.54, 1.807) is 0 Å². The quantitative estimate of drug-likeness (QED) is 0.563. The van der Waals surface area contributed by atoms with Gasteiger partial charge in [0.2, 0.25) is 0 Å². The van der Waals surface area contributed by atoms with Crippen LogP contribution in [-0.2, 0) is 9.59 Å². The number of carboxylic acid groups (broad SMARTS) is 2. The fraction of sp³-hybridized carbons (Fsp3) is 0.600. The zero-order chi connectivity index (χ0) is 8.15. The van der Waals surface area contributed by atoms with Crippen LogP contribution in [0.1, 0.15) is 12.8 Å². The molecule has 5 nitrogen and oxygen atoms in total. The molecule has 0 fully saturated rings. The van der Waals surface area contributed by atoms with Crippen LogP contribution in [0.25, 0.3) is 0 Å². The Morgan fingerprint density at radius 2 is 1.90 bits per heavy atom. The van der Waals surface area contributed by atoms with Crippen LogP contribution in [0.3, 0.4) is 0 Å². The monoisotopic (exact) mass is 146 g/mol. The highest BCUT2D eigenvalue weighted by Crippen LogP contribution is 1.95. The van der Waals surface area contributed by atoms with Gasteiger partial charge in [-0.2, -0.15) is 0 Å². The van der Waals surface area contributed by atoms with E-state index in [2.05, 4.69) is 0 Å². The van der Waals surface area contributed by atoms with Crippen LogP contribution < -0.4 is 5.73 Å². The second-order valence-corrected chi connectivity index (χ2v) is 1.82. The van der Waals surface area contributed by atoms with E-state index in [1.165, 1.54) is 0 Å². The Hall–Kier alpha value is -1.10. The van der Waals surface area contributed by atoms with Crippen molar-refractivity contribution in [3.8, 4) is 0 Å². The number of rotatable bonds is 4. The van der Waals surface area contributed by atoms with Crippen molar-refractivity contribution in [2.75, 3.05) is 0 Å². The van der Waals surface area contributed by atoms with E-state index < -0.39 is 18.0 Å². The fourth-order valence-corrected chi connectivity index (χ4v) is 0.391. The molecule has 1 radical (unpaired) electrons. The highest BCUT2D eigenvalue weighted by molar-refractivity contribution is 5.74. The van der Waals surface area contributed by atoms with Crippen molar-refractivity contribution in [3.63, 3.8) is 0 Å². The van der Waals surface area contributed by atoms with E-state index in [4.69, 9.17) is 15.9 Å². The summed E-state index contributed by atoms with van der Waals surface area (Å²) in [4.78, 5) is 19.8. The van der Waals surface area contributed by atoms with Crippen LogP contribution in [-0.4, -0.2) is 28.2 Å². The van der Waals surface area contributed by atoms with Crippen molar-refractivity contribution < 1.29 is 19.8 Å². The third kappa shape index (κ3) is 3.85. The number of nitrogens with one attached hydrogen (secondary N) is 1. The lowest BCUT2D eigenvalue weighted by Gasteiger charge is -2.00. The van der Waals surface area contributed by atoms with Crippen molar-refractivity contribution in [1.82, 2.24) is 5.73 Å². The first-order valence-electron chi connectivity index (χ1n) is 2.69. The van der Waals surface area contributed by atoms with Crippen LogP contribution in [0.2, 0.25) is 0 Å². The van der Waals surface area contributed by atoms with Crippen LogP contribution in [0, 0.1) is 0 Å². The molecule has 0 heterocycles. The Balaban J connectivity index is 3.49. The van der Waals surface area contributed by atoms with E-state index in [-0.39, 0.29) is 12.8 Å². The summed E-state index contributed by atoms with van der Waals surface area (Å²) in [6.45, 7) is 0. The topological polar surface area (TPSA) is 98.4 Å². The SMILES string of the molecule is [NH]C(CCC(=O)O)C(=O)O. The molecule has 0 aliphatic heterocycles. The van der Waals surface area contributed by atoms with Crippen LogP contribution in [0.5, 0.6) is 0 Å². The highest BCUT2D eigenvalue weighted by Gasteiger charge is 2.12. The average Bonchev–Trinajstić information content (AvgIpc) is 1.82. The van der Waals surface area contributed by atoms with Crippen molar-refractivity contribution >= 4 is 11.9 Å². The Labute approximate surface area is 57.5 Å². The Morgan fingerprint density at radius 3 is 2.20 bits per heavy atom. The third-order valence-corrected chi connectivity index (χ3v) is 0.945. The Bertz CT molecular complexity index is 145. The van der Waals surface area contributed by atoms with Crippen LogP contribution >= 0.6 is 0 Å². The van der Waals surface area contributed by atoms with Gasteiger partial charge in [0.15, 0.2) is 0 Å². The molecule has 0 aromatic carbocycles. The highest BCUT2D eigenvalue weighted by atomic mass is 16.4. The molecule has 0 saturated heterocycles. The van der Waals surface area contributed by atoms with E-state index in [9.17, 15) is 9.59 Å². The van der Waals surface area contributed by atoms with Gasteiger partial charge in [-0.15, -0.1) is 0 Å². The van der Waals surface area contributed by atoms with Gasteiger partial charge in [-0.3, -0.25) is 9.59 Å². The standard InChI is InChI=1S/C5H8NO4/c6-3(5(9)10)1-2-4(7)8/h3,6H,1-2H2,(H,7,8)(H,9,10). The van der Waals surface area contributed by atoms with Crippen molar-refractivity contribution in [2.45, 2.75) is 18.9 Å². The molecule has 0 aromatic heterocycles. The minimum absolute atomic E-state index is 0.134. The van der Waals surface area contributed by atoms with E-state index >= 15 is 0 Å². The first kappa shape index (κ1) is 8.90. The molecule has 5 heteroatoms. The normalized spacial score (nSPS) is 12.5. The summed E-state index contributed by atoms with van der Waals surface area (Å²) >= 11 is 0. The first-order valence-corrected chi connectivity index (χ1v) is 2.69. The zero-order valence-electron chi connectivity index (χ0n) is 5.20. The second kappa shape index (κ2) is 3.84. The molecule has 10 heavy (non-hydrogen) atoms. The van der Waals surface area contributed by atoms with Crippen LogP contribution in [0.15, 0.2) is 0 Å². The van der Waals surface area contributed by atoms with Crippen molar-refractivity contribution in [1.29, 1.82) is 0 Å². The molecule has 0 saturated carbocycles. The summed E-state index contributed by atoms with van der Waals surface area (Å²) in [5.74, 6) is -2.35. The van der Waals surface area contributed by atoms with Gasteiger partial charge in [0.1, 0.15) is 6.04 Å². The predicted molar refractivity (Wildman–Crippen MR) is 31.4 cm³/mol. The smallest absolute Gasteiger partial charge is 0.322 e. The molecule has 0 aromatic rings. The summed E-state index contributed by atoms with van der Waals surface area (Å²) in [7, 11) is 0. The lowest BCUT2D eigenvalue weighted by molar-refractivity contribution is -0.140. The molecular formula is C5H8NO4. The second-order valence-electron chi connectivity index (χ2n) is 1.82. The fourth-order valence-electron chi connectivity index (χ4n) is 0.391. The molecular weight excluding hydrogens is 138 g/mol. The van der Waals surface area contributed by atoms with Gasteiger partial charge in [-0.1, -0.05) is 0 Å². The van der Waals surface area contributed by atoms with Gasteiger partial charge in [0, 0.05) is 6.42 Å². The maximum Gasteiger partial charge on any atom is 0.322 e. The summed E-state index contributed by atoms with van der Waals surface area (Å²) in [6.07, 6.45) is -0.398. The molecule has 0 amide bonds. The molecule has 0 rings (SSSR count). The Kier molecular flexibility index (Phi) is 3.42. The number of hydrogen-bond donors (Lipinski definition) is 2. The van der Waals surface area contributed by atoms with Crippen molar-refractivity contribution in [2.24, 2.45) is 0 Å². The molecule has 0 aliphatic rings. The summed E-state index contributed by atoms with van der Waals surface area (Å²) < 4.78 is 0. The molecule has 0 bridgehead atoms.